The van der Waals surface area contributed by atoms with Gasteiger partial charge in [-0.2, -0.15) is 8.70 Å². The van der Waals surface area contributed by atoms with Gasteiger partial charge in [0.1, 0.15) is 5.75 Å². The number of piperazine rings is 1. The van der Waals surface area contributed by atoms with E-state index in [2.05, 4.69) is 0 Å². The molecule has 1 N–H and O–H groups in total. The quantitative estimate of drug-likeness (QED) is 0.818. The molecule has 3 rings (SSSR count). The van der Waals surface area contributed by atoms with Gasteiger partial charge >= 0.3 is 0 Å². The Kier molecular flexibility index (Phi) is 5.76. The lowest BCUT2D eigenvalue weighted by Crippen LogP contribution is -2.48. The normalized spacial score (nSPS) is 15.8. The van der Waals surface area contributed by atoms with Crippen molar-refractivity contribution in [3.8, 4) is 11.5 Å². The number of rotatable bonds is 5. The molecule has 0 unspecified atom stereocenters. The molecule has 2 aromatic carbocycles. The van der Waals surface area contributed by atoms with Gasteiger partial charge in [0.15, 0.2) is 17.4 Å². The van der Waals surface area contributed by atoms with Crippen LogP contribution in [0.2, 0.25) is 0 Å². The summed E-state index contributed by atoms with van der Waals surface area (Å²) in [5, 5.41) is 9.46. The lowest BCUT2D eigenvalue weighted by molar-refractivity contribution is 0.242. The molecule has 0 bridgehead atoms. The molecule has 0 amide bonds. The zero-order valence-electron chi connectivity index (χ0n) is 15.6. The first-order valence-electron chi connectivity index (χ1n) is 8.88. The number of phenols is 1. The van der Waals surface area contributed by atoms with Crippen molar-refractivity contribution in [3.63, 3.8) is 0 Å². The molecule has 28 heavy (non-hydrogen) atoms. The molecule has 1 heterocycles. The van der Waals surface area contributed by atoms with Crippen LogP contribution in [0.1, 0.15) is 13.8 Å². The smallest absolute Gasteiger partial charge is 0.243 e. The second kappa shape index (κ2) is 7.92. The third-order valence-electron chi connectivity index (χ3n) is 4.43. The van der Waals surface area contributed by atoms with Crippen molar-refractivity contribution in [2.24, 2.45) is 0 Å². The predicted octanol–water partition coefficient (Wildman–Crippen LogP) is 2.97. The first-order valence-corrected chi connectivity index (χ1v) is 10.3. The minimum Gasteiger partial charge on any atom is -0.505 e. The average molecular weight is 412 g/mol. The van der Waals surface area contributed by atoms with Crippen LogP contribution in [0, 0.1) is 11.6 Å². The number of phenolic OH excluding ortho intramolecular Hbond substituents is 1. The van der Waals surface area contributed by atoms with Crippen molar-refractivity contribution < 1.29 is 27.0 Å². The Morgan fingerprint density at radius 3 is 2.18 bits per heavy atom. The van der Waals surface area contributed by atoms with Gasteiger partial charge in [-0.15, -0.1) is 0 Å². The summed E-state index contributed by atoms with van der Waals surface area (Å²) in [6.45, 7) is 4.73. The molecule has 6 nitrogen and oxygen atoms in total. The minimum absolute atomic E-state index is 0.00808. The summed E-state index contributed by atoms with van der Waals surface area (Å²) < 4.78 is 59.3. The molecular weight excluding hydrogens is 390 g/mol. The van der Waals surface area contributed by atoms with E-state index in [-0.39, 0.29) is 37.2 Å². The number of hydrogen-bond donors (Lipinski definition) is 1. The Morgan fingerprint density at radius 1 is 1.04 bits per heavy atom. The SMILES string of the molecule is CC(C)Oc1ccc(S(=O)(=O)N2CCN(c3cc(O)c(F)c(F)c3)CC2)cc1. The highest BCUT2D eigenvalue weighted by atomic mass is 32.2. The van der Waals surface area contributed by atoms with Crippen LogP contribution in [-0.4, -0.2) is 50.1 Å². The van der Waals surface area contributed by atoms with Gasteiger partial charge in [-0.05, 0) is 38.1 Å². The highest BCUT2D eigenvalue weighted by molar-refractivity contribution is 7.89. The number of anilines is 1. The van der Waals surface area contributed by atoms with Crippen molar-refractivity contribution in [2.75, 3.05) is 31.1 Å². The molecule has 1 aliphatic heterocycles. The molecule has 0 aromatic heterocycles. The van der Waals surface area contributed by atoms with Gasteiger partial charge in [0.2, 0.25) is 10.0 Å². The van der Waals surface area contributed by atoms with E-state index in [1.165, 1.54) is 16.4 Å². The maximum absolute atomic E-state index is 13.5. The zero-order chi connectivity index (χ0) is 20.5. The Hall–Kier alpha value is -2.39. The largest absolute Gasteiger partial charge is 0.505 e. The van der Waals surface area contributed by atoms with E-state index in [1.54, 1.807) is 17.0 Å². The van der Waals surface area contributed by atoms with Crippen LogP contribution in [0.15, 0.2) is 41.3 Å². The minimum atomic E-state index is -3.67. The number of halogens is 2. The van der Waals surface area contributed by atoms with Crippen LogP contribution >= 0.6 is 0 Å². The third kappa shape index (κ3) is 4.20. The molecule has 0 saturated carbocycles. The monoisotopic (exact) mass is 412 g/mol. The number of benzene rings is 2. The Morgan fingerprint density at radius 2 is 1.64 bits per heavy atom. The number of aromatic hydroxyl groups is 1. The second-order valence-electron chi connectivity index (χ2n) is 6.79. The van der Waals surface area contributed by atoms with Crippen molar-refractivity contribution in [1.82, 2.24) is 4.31 Å². The van der Waals surface area contributed by atoms with E-state index >= 15 is 0 Å². The van der Waals surface area contributed by atoms with Crippen LogP contribution in [0.3, 0.4) is 0 Å². The molecule has 1 saturated heterocycles. The van der Waals surface area contributed by atoms with Crippen LogP contribution in [0.4, 0.5) is 14.5 Å². The van der Waals surface area contributed by atoms with Gasteiger partial charge in [-0.25, -0.2) is 12.8 Å². The molecule has 0 atom stereocenters. The number of ether oxygens (including phenoxy) is 1. The molecule has 0 aliphatic carbocycles. The maximum atomic E-state index is 13.5. The molecule has 9 heteroatoms. The highest BCUT2D eigenvalue weighted by Gasteiger charge is 2.29. The maximum Gasteiger partial charge on any atom is 0.243 e. The lowest BCUT2D eigenvalue weighted by atomic mass is 10.2. The second-order valence-corrected chi connectivity index (χ2v) is 8.73. The molecule has 1 aliphatic rings. The number of sulfonamides is 1. The molecule has 0 spiro atoms. The van der Waals surface area contributed by atoms with Gasteiger partial charge in [-0.3, -0.25) is 0 Å². The zero-order valence-corrected chi connectivity index (χ0v) is 16.4. The molecule has 0 radical (unpaired) electrons. The van der Waals surface area contributed by atoms with E-state index in [4.69, 9.17) is 4.74 Å². The summed E-state index contributed by atoms with van der Waals surface area (Å²) in [6, 6.07) is 8.38. The Balaban J connectivity index is 1.70. The highest BCUT2D eigenvalue weighted by Crippen LogP contribution is 2.28. The van der Waals surface area contributed by atoms with Crippen molar-refractivity contribution >= 4 is 15.7 Å². The van der Waals surface area contributed by atoms with E-state index in [9.17, 15) is 22.3 Å². The first kappa shape index (κ1) is 20.3. The van der Waals surface area contributed by atoms with Crippen molar-refractivity contribution in [3.05, 3.63) is 48.0 Å². The van der Waals surface area contributed by atoms with Crippen LogP contribution in [0.5, 0.6) is 11.5 Å². The third-order valence-corrected chi connectivity index (χ3v) is 6.34. The van der Waals surface area contributed by atoms with Crippen LogP contribution < -0.4 is 9.64 Å². The fourth-order valence-corrected chi connectivity index (χ4v) is 4.46. The topological polar surface area (TPSA) is 70.1 Å². The van der Waals surface area contributed by atoms with Gasteiger partial charge in [0.05, 0.1) is 11.0 Å². The molecule has 152 valence electrons. The summed E-state index contributed by atoms with van der Waals surface area (Å²) in [7, 11) is -3.67. The predicted molar refractivity (Wildman–Crippen MR) is 101 cm³/mol. The summed E-state index contributed by atoms with van der Waals surface area (Å²) in [4.78, 5) is 1.87. The van der Waals surface area contributed by atoms with Gasteiger partial charge in [-0.1, -0.05) is 0 Å². The van der Waals surface area contributed by atoms with Gasteiger partial charge in [0, 0.05) is 44.0 Å². The van der Waals surface area contributed by atoms with Crippen LogP contribution in [-0.2, 0) is 10.0 Å². The Bertz CT molecular complexity index is 918. The molecule has 1 fully saturated rings. The summed E-state index contributed by atoms with van der Waals surface area (Å²) >= 11 is 0. The molecule has 2 aromatic rings. The standard InChI is InChI=1S/C19H22F2N2O4S/c1-13(2)27-15-3-5-16(6-4-15)28(25,26)23-9-7-22(8-10-23)14-11-17(20)19(21)18(24)12-14/h3-6,11-13,24H,7-10H2,1-2H3. The van der Waals surface area contributed by atoms with E-state index in [0.29, 0.717) is 11.4 Å². The van der Waals surface area contributed by atoms with Crippen molar-refractivity contribution in [1.29, 1.82) is 0 Å². The summed E-state index contributed by atoms with van der Waals surface area (Å²) in [6.07, 6.45) is -0.00808. The number of hydrogen-bond acceptors (Lipinski definition) is 5. The fraction of sp³-hybridized carbons (Fsp3) is 0.368. The van der Waals surface area contributed by atoms with E-state index < -0.39 is 27.4 Å². The summed E-state index contributed by atoms with van der Waals surface area (Å²) in [5.41, 5.74) is 0.309. The summed E-state index contributed by atoms with van der Waals surface area (Å²) in [5.74, 6) is -2.62. The average Bonchev–Trinajstić information content (AvgIpc) is 2.66. The Labute approximate surface area is 163 Å². The molecular formula is C19H22F2N2O4S. The van der Waals surface area contributed by atoms with Gasteiger partial charge in [0.25, 0.3) is 0 Å². The fourth-order valence-electron chi connectivity index (χ4n) is 3.04. The lowest BCUT2D eigenvalue weighted by Gasteiger charge is -2.35. The van der Waals surface area contributed by atoms with Crippen LogP contribution in [0.25, 0.3) is 0 Å². The van der Waals surface area contributed by atoms with E-state index in [0.717, 1.165) is 12.1 Å². The van der Waals surface area contributed by atoms with Gasteiger partial charge < -0.3 is 14.7 Å². The van der Waals surface area contributed by atoms with Crippen molar-refractivity contribution in [2.45, 2.75) is 24.8 Å². The first-order chi connectivity index (χ1) is 13.2. The number of nitrogens with zero attached hydrogens (tertiary/aromatic N) is 2. The van der Waals surface area contributed by atoms with E-state index in [1.807, 2.05) is 13.8 Å².